The van der Waals surface area contributed by atoms with Crippen LogP contribution < -0.4 is 9.47 Å². The molecule has 368 valence electrons. The number of carboxylic acid groups (broad SMARTS) is 2. The smallest absolute Gasteiger partial charge is 0.326 e. The monoisotopic (exact) mass is 939 g/mol. The summed E-state index contributed by atoms with van der Waals surface area (Å²) in [5.41, 5.74) is 2.30. The average molecular weight is 939 g/mol. The molecule has 10 aliphatic carbocycles. The molecule has 8 bridgehead atoms. The lowest BCUT2D eigenvalue weighted by Gasteiger charge is -2.56. The molecule has 0 spiro atoms. The van der Waals surface area contributed by atoms with Gasteiger partial charge < -0.3 is 29.5 Å². The maximum Gasteiger partial charge on any atom is 0.326 e. The number of aliphatic carboxylic acids is 2. The largest absolute Gasteiger partial charge is 0.493 e. The van der Waals surface area contributed by atoms with Crippen LogP contribution in [0.5, 0.6) is 11.5 Å². The molecule has 2 saturated heterocycles. The number of likely N-dealkylation sites (tertiary alicyclic amines) is 2. The average Bonchev–Trinajstić information content (AvgIpc) is 4.23. The van der Waals surface area contributed by atoms with Crippen molar-refractivity contribution < 1.29 is 47.6 Å². The number of ether oxygens (including phenoxy) is 2. The van der Waals surface area contributed by atoms with Gasteiger partial charge in [-0.25, -0.2) is 18.4 Å². The summed E-state index contributed by atoms with van der Waals surface area (Å²) in [4.78, 5) is 53.1. The summed E-state index contributed by atoms with van der Waals surface area (Å²) in [5.74, 6) is 2.42. The molecule has 2 aromatic carbocycles. The van der Waals surface area contributed by atoms with E-state index in [2.05, 4.69) is 0 Å². The standard InChI is InChI=1S/2C28H36FNO4/c2*1-2-19-5-6-30(25(19)27(32)33)26(31)22-10-21(20-3-4-20)24(11-23(22)29)34-15-28-12-16-7-17(13-28)9-18(8-16)14-28/h2*10-11,16-20,25H,2-9,12-15H2,1H3,(H,32,33)/t2*16?,17?,18?,19-,25-,28?/m10/s1. The molecular weight excluding hydrogens is 867 g/mol. The maximum atomic E-state index is 15.3. The number of amides is 2. The Balaban J connectivity index is 0.000000149. The third-order valence-corrected chi connectivity index (χ3v) is 19.2. The molecule has 4 atom stereocenters. The van der Waals surface area contributed by atoms with Crippen LogP contribution in [0.15, 0.2) is 24.3 Å². The molecule has 14 rings (SSSR count). The Labute approximate surface area is 400 Å². The van der Waals surface area contributed by atoms with Crippen molar-refractivity contribution in [1.82, 2.24) is 9.80 Å². The Bertz CT molecular complexity index is 2090. The zero-order chi connectivity index (χ0) is 47.2. The minimum Gasteiger partial charge on any atom is -0.493 e. The zero-order valence-electron chi connectivity index (χ0n) is 40.2. The minimum atomic E-state index is -1.00. The van der Waals surface area contributed by atoms with Crippen LogP contribution in [0.3, 0.4) is 0 Å². The summed E-state index contributed by atoms with van der Waals surface area (Å²) in [7, 11) is 0. The molecule has 0 unspecified atom stereocenters. The van der Waals surface area contributed by atoms with E-state index in [1.54, 1.807) is 12.1 Å². The van der Waals surface area contributed by atoms with Crippen LogP contribution in [0, 0.1) is 69.8 Å². The van der Waals surface area contributed by atoms with Gasteiger partial charge in [0.25, 0.3) is 11.8 Å². The van der Waals surface area contributed by atoms with Gasteiger partial charge >= 0.3 is 11.9 Å². The van der Waals surface area contributed by atoms with Crippen molar-refractivity contribution in [1.29, 1.82) is 0 Å². The lowest BCUT2D eigenvalue weighted by molar-refractivity contribution is -0.143. The third-order valence-electron chi connectivity index (χ3n) is 19.2. The van der Waals surface area contributed by atoms with Crippen molar-refractivity contribution in [3.63, 3.8) is 0 Å². The molecule has 2 aromatic rings. The second-order valence-electron chi connectivity index (χ2n) is 24.2. The molecular formula is C56H72F2N2O8. The van der Waals surface area contributed by atoms with Gasteiger partial charge in [0.15, 0.2) is 0 Å². The summed E-state index contributed by atoms with van der Waals surface area (Å²) in [6.07, 6.45) is 22.4. The van der Waals surface area contributed by atoms with Crippen LogP contribution in [0.25, 0.3) is 0 Å². The Kier molecular flexibility index (Phi) is 12.1. The Morgan fingerprint density at radius 2 is 0.868 bits per heavy atom. The summed E-state index contributed by atoms with van der Waals surface area (Å²) < 4.78 is 43.5. The number of carbonyl (C=O) groups excluding carboxylic acids is 2. The number of nitrogens with zero attached hydrogens (tertiary/aromatic N) is 2. The van der Waals surface area contributed by atoms with Gasteiger partial charge in [0.1, 0.15) is 35.2 Å². The van der Waals surface area contributed by atoms with E-state index in [4.69, 9.17) is 9.47 Å². The number of carbonyl (C=O) groups is 4. The summed E-state index contributed by atoms with van der Waals surface area (Å²) in [6.45, 7) is 5.89. The quantitative estimate of drug-likeness (QED) is 0.191. The van der Waals surface area contributed by atoms with Crippen LogP contribution in [-0.4, -0.2) is 82.2 Å². The summed E-state index contributed by atoms with van der Waals surface area (Å²) >= 11 is 0. The fourth-order valence-corrected chi connectivity index (χ4v) is 16.5. The normalized spacial score (nSPS) is 36.2. The van der Waals surface area contributed by atoms with E-state index in [1.807, 2.05) is 13.8 Å². The highest BCUT2D eigenvalue weighted by Gasteiger charge is 2.53. The van der Waals surface area contributed by atoms with Crippen LogP contribution in [0.2, 0.25) is 0 Å². The number of hydrogen-bond acceptors (Lipinski definition) is 6. The summed E-state index contributed by atoms with van der Waals surface area (Å²) in [6, 6.07) is 4.39. The van der Waals surface area contributed by atoms with Crippen molar-refractivity contribution in [2.75, 3.05) is 26.3 Å². The van der Waals surface area contributed by atoms with Gasteiger partial charge in [0.05, 0.1) is 24.3 Å². The van der Waals surface area contributed by atoms with E-state index in [0.29, 0.717) is 75.3 Å². The highest BCUT2D eigenvalue weighted by molar-refractivity contribution is 5.98. The predicted molar refractivity (Wildman–Crippen MR) is 251 cm³/mol. The first-order valence-electron chi connectivity index (χ1n) is 26.7. The molecule has 12 aliphatic rings. The molecule has 2 amide bonds. The highest BCUT2D eigenvalue weighted by atomic mass is 19.1. The number of benzene rings is 2. The van der Waals surface area contributed by atoms with Crippen molar-refractivity contribution >= 4 is 23.8 Å². The van der Waals surface area contributed by atoms with Gasteiger partial charge in [-0.2, -0.15) is 0 Å². The van der Waals surface area contributed by atoms with E-state index in [9.17, 15) is 29.4 Å². The minimum absolute atomic E-state index is 0.00735. The van der Waals surface area contributed by atoms with E-state index in [0.717, 1.165) is 72.3 Å². The summed E-state index contributed by atoms with van der Waals surface area (Å²) in [5, 5.41) is 19.5. The predicted octanol–water partition coefficient (Wildman–Crippen LogP) is 11.2. The van der Waals surface area contributed by atoms with Crippen molar-refractivity contribution in [2.24, 2.45) is 58.2 Å². The molecule has 10 saturated carbocycles. The Hall–Kier alpha value is -4.22. The molecule has 2 aliphatic heterocycles. The number of rotatable bonds is 14. The molecule has 12 fully saturated rings. The van der Waals surface area contributed by atoms with E-state index >= 15 is 8.78 Å². The fraction of sp³-hybridized carbons (Fsp3) is 0.714. The van der Waals surface area contributed by atoms with Gasteiger partial charge in [-0.05, 0) is 198 Å². The highest BCUT2D eigenvalue weighted by Crippen LogP contribution is 2.62. The lowest BCUT2D eigenvalue weighted by atomic mass is 9.50. The molecule has 68 heavy (non-hydrogen) atoms. The number of hydrogen-bond donors (Lipinski definition) is 2. The van der Waals surface area contributed by atoms with Crippen molar-refractivity contribution in [3.05, 3.63) is 58.2 Å². The molecule has 12 heteroatoms. The molecule has 2 heterocycles. The topological polar surface area (TPSA) is 134 Å². The van der Waals surface area contributed by atoms with Gasteiger partial charge in [-0.3, -0.25) is 9.59 Å². The van der Waals surface area contributed by atoms with Gasteiger partial charge in [-0.15, -0.1) is 0 Å². The number of carboxylic acids is 2. The van der Waals surface area contributed by atoms with Crippen LogP contribution in [0.4, 0.5) is 8.78 Å². The Morgan fingerprint density at radius 1 is 0.544 bits per heavy atom. The van der Waals surface area contributed by atoms with Crippen LogP contribution in [0.1, 0.15) is 186 Å². The van der Waals surface area contributed by atoms with Gasteiger partial charge in [0, 0.05) is 36.1 Å². The molecule has 0 aromatic heterocycles. The zero-order valence-corrected chi connectivity index (χ0v) is 40.2. The second-order valence-corrected chi connectivity index (χ2v) is 24.2. The van der Waals surface area contributed by atoms with E-state index < -0.39 is 47.5 Å². The maximum absolute atomic E-state index is 15.3. The van der Waals surface area contributed by atoms with E-state index in [1.165, 1.54) is 99.0 Å². The van der Waals surface area contributed by atoms with Crippen molar-refractivity contribution in [3.8, 4) is 11.5 Å². The second kappa shape index (κ2) is 17.9. The number of halogens is 2. The lowest BCUT2D eigenvalue weighted by Crippen LogP contribution is -2.48. The van der Waals surface area contributed by atoms with Crippen LogP contribution in [-0.2, 0) is 9.59 Å². The van der Waals surface area contributed by atoms with Gasteiger partial charge in [0.2, 0.25) is 0 Å². The Morgan fingerprint density at radius 3 is 1.15 bits per heavy atom. The first-order chi connectivity index (χ1) is 32.7. The van der Waals surface area contributed by atoms with Gasteiger partial charge in [-0.1, -0.05) is 26.7 Å². The van der Waals surface area contributed by atoms with Crippen LogP contribution >= 0.6 is 0 Å². The van der Waals surface area contributed by atoms with Crippen molar-refractivity contribution in [2.45, 2.75) is 166 Å². The van der Waals surface area contributed by atoms with E-state index in [-0.39, 0.29) is 33.8 Å². The molecule has 2 N–H and O–H groups in total. The molecule has 0 radical (unpaired) electrons. The first-order valence-corrected chi connectivity index (χ1v) is 26.7. The SMILES string of the molecule is CC[C@@H]1CCN(C(=O)c2cc(C3CC3)c(OCC34CC5CC(CC(C5)C3)C4)cc2F)[C@H]1C(=O)O.CC[C@H]1CCN(C(=O)c2cc(C3CC3)c(OCC34CC5CC(CC(C5)C3)C4)cc2F)[C@@H]1C(=O)O. The fourth-order valence-electron chi connectivity index (χ4n) is 16.5. The third kappa shape index (κ3) is 8.72. The first kappa shape index (κ1) is 46.2. The molecule has 10 nitrogen and oxygen atoms in total.